The minimum absolute atomic E-state index is 0.160. The van der Waals surface area contributed by atoms with Crippen molar-refractivity contribution < 1.29 is 17.9 Å². The molecule has 0 N–H and O–H groups in total. The van der Waals surface area contributed by atoms with Gasteiger partial charge in [0.2, 0.25) is 0 Å². The molecule has 0 aliphatic carbocycles. The van der Waals surface area contributed by atoms with E-state index >= 15 is 0 Å². The number of alkyl halides is 3. The van der Waals surface area contributed by atoms with Gasteiger partial charge in [0.25, 0.3) is 0 Å². The first kappa shape index (κ1) is 15.6. The first-order chi connectivity index (χ1) is 9.99. The van der Waals surface area contributed by atoms with Crippen LogP contribution in [-0.4, -0.2) is 37.3 Å². The Morgan fingerprint density at radius 3 is 2.62 bits per heavy atom. The molecule has 1 aliphatic rings. The van der Waals surface area contributed by atoms with Gasteiger partial charge in [0.05, 0.1) is 17.6 Å². The van der Waals surface area contributed by atoms with Gasteiger partial charge in [-0.1, -0.05) is 6.07 Å². The number of nitriles is 1. The zero-order chi connectivity index (χ0) is 15.3. The normalized spacial score (nSPS) is 17.4. The highest BCUT2D eigenvalue weighted by Gasteiger charge is 2.40. The number of likely N-dealkylation sites (tertiary alicyclic amines) is 1. The van der Waals surface area contributed by atoms with Crippen molar-refractivity contribution in [1.29, 1.82) is 5.26 Å². The van der Waals surface area contributed by atoms with E-state index in [1.165, 1.54) is 0 Å². The Morgan fingerprint density at radius 1 is 1.29 bits per heavy atom. The van der Waals surface area contributed by atoms with E-state index in [9.17, 15) is 13.2 Å². The maximum absolute atomic E-state index is 12.5. The van der Waals surface area contributed by atoms with Crippen LogP contribution in [0.15, 0.2) is 24.3 Å². The molecule has 0 unspecified atom stereocenters. The molecule has 3 nitrogen and oxygen atoms in total. The molecule has 1 aromatic carbocycles. The van der Waals surface area contributed by atoms with E-state index in [4.69, 9.17) is 10.00 Å². The van der Waals surface area contributed by atoms with Crippen LogP contribution in [0.1, 0.15) is 18.4 Å². The second-order valence-corrected chi connectivity index (χ2v) is 5.15. The van der Waals surface area contributed by atoms with Crippen molar-refractivity contribution in [2.75, 3.05) is 26.2 Å². The molecule has 0 atom stereocenters. The van der Waals surface area contributed by atoms with Crippen molar-refractivity contribution in [2.45, 2.75) is 19.0 Å². The van der Waals surface area contributed by atoms with Gasteiger partial charge in [-0.25, -0.2) is 0 Å². The summed E-state index contributed by atoms with van der Waals surface area (Å²) >= 11 is 0. The topological polar surface area (TPSA) is 36.3 Å². The van der Waals surface area contributed by atoms with Gasteiger partial charge >= 0.3 is 6.18 Å². The van der Waals surface area contributed by atoms with Crippen LogP contribution in [0.25, 0.3) is 0 Å². The summed E-state index contributed by atoms with van der Waals surface area (Å²) < 4.78 is 43.2. The Balaban J connectivity index is 1.72. The third kappa shape index (κ3) is 4.64. The zero-order valence-corrected chi connectivity index (χ0v) is 11.6. The van der Waals surface area contributed by atoms with Crippen LogP contribution in [0.5, 0.6) is 5.75 Å². The minimum atomic E-state index is -4.07. The van der Waals surface area contributed by atoms with E-state index in [0.29, 0.717) is 37.6 Å². The molecule has 1 fully saturated rings. The summed E-state index contributed by atoms with van der Waals surface area (Å²) in [6.07, 6.45) is -3.75. The van der Waals surface area contributed by atoms with Gasteiger partial charge in [-0.05, 0) is 44.1 Å². The molecule has 0 saturated carbocycles. The second-order valence-electron chi connectivity index (χ2n) is 5.15. The lowest BCUT2D eigenvalue weighted by molar-refractivity contribution is -0.185. The number of benzene rings is 1. The molecule has 2 rings (SSSR count). The fraction of sp³-hybridized carbons (Fsp3) is 0.533. The molecule has 21 heavy (non-hydrogen) atoms. The fourth-order valence-corrected chi connectivity index (χ4v) is 2.43. The predicted molar refractivity (Wildman–Crippen MR) is 71.9 cm³/mol. The van der Waals surface area contributed by atoms with Gasteiger partial charge in [0, 0.05) is 6.54 Å². The largest absolute Gasteiger partial charge is 0.492 e. The summed E-state index contributed by atoms with van der Waals surface area (Å²) in [4.78, 5) is 1.98. The molecule has 6 heteroatoms. The molecule has 0 aromatic heterocycles. The number of ether oxygens (including phenoxy) is 1. The van der Waals surface area contributed by atoms with Crippen LogP contribution in [-0.2, 0) is 0 Å². The molecule has 0 bridgehead atoms. The summed E-state index contributed by atoms with van der Waals surface area (Å²) in [5.74, 6) is -0.554. The molecular formula is C15H17F3N2O. The van der Waals surface area contributed by atoms with Crippen LogP contribution in [0.3, 0.4) is 0 Å². The van der Waals surface area contributed by atoms with E-state index < -0.39 is 12.1 Å². The highest BCUT2D eigenvalue weighted by Crippen LogP contribution is 2.33. The SMILES string of the molecule is N#Cc1cccc(OCCN2CCC(C(F)(F)F)CC2)c1. The van der Waals surface area contributed by atoms with Gasteiger partial charge in [0.1, 0.15) is 12.4 Å². The summed E-state index contributed by atoms with van der Waals surface area (Å²) in [5.41, 5.74) is 0.526. The van der Waals surface area contributed by atoms with Crippen molar-refractivity contribution in [3.8, 4) is 11.8 Å². The lowest BCUT2D eigenvalue weighted by atomic mass is 9.96. The summed E-state index contributed by atoms with van der Waals surface area (Å²) in [6, 6.07) is 8.87. The van der Waals surface area contributed by atoms with Crippen LogP contribution < -0.4 is 4.74 Å². The average Bonchev–Trinajstić information content (AvgIpc) is 2.47. The maximum Gasteiger partial charge on any atom is 0.391 e. The van der Waals surface area contributed by atoms with Crippen molar-refractivity contribution >= 4 is 0 Å². The Bertz CT molecular complexity index is 502. The monoisotopic (exact) mass is 298 g/mol. The van der Waals surface area contributed by atoms with Gasteiger partial charge in [-0.15, -0.1) is 0 Å². The van der Waals surface area contributed by atoms with E-state index in [0.717, 1.165) is 0 Å². The van der Waals surface area contributed by atoms with E-state index in [-0.39, 0.29) is 12.8 Å². The zero-order valence-electron chi connectivity index (χ0n) is 11.6. The number of hydrogen-bond acceptors (Lipinski definition) is 3. The number of halogens is 3. The second kappa shape index (κ2) is 6.81. The van der Waals surface area contributed by atoms with Crippen molar-refractivity contribution in [3.63, 3.8) is 0 Å². The first-order valence-electron chi connectivity index (χ1n) is 6.91. The highest BCUT2D eigenvalue weighted by molar-refractivity contribution is 5.36. The van der Waals surface area contributed by atoms with E-state index in [1.807, 2.05) is 11.0 Å². The molecule has 0 amide bonds. The summed E-state index contributed by atoms with van der Waals surface area (Å²) in [5, 5.41) is 8.78. The summed E-state index contributed by atoms with van der Waals surface area (Å²) in [7, 11) is 0. The highest BCUT2D eigenvalue weighted by atomic mass is 19.4. The lowest BCUT2D eigenvalue weighted by Crippen LogP contribution is -2.40. The molecule has 0 radical (unpaired) electrons. The third-order valence-corrected chi connectivity index (χ3v) is 3.69. The van der Waals surface area contributed by atoms with Gasteiger partial charge in [-0.2, -0.15) is 18.4 Å². The number of piperidine rings is 1. The van der Waals surface area contributed by atoms with Crippen molar-refractivity contribution in [1.82, 2.24) is 4.90 Å². The third-order valence-electron chi connectivity index (χ3n) is 3.69. The molecule has 114 valence electrons. The fourth-order valence-electron chi connectivity index (χ4n) is 2.43. The Labute approximate surface area is 121 Å². The van der Waals surface area contributed by atoms with Crippen molar-refractivity contribution in [3.05, 3.63) is 29.8 Å². The van der Waals surface area contributed by atoms with E-state index in [2.05, 4.69) is 0 Å². The number of hydrogen-bond donors (Lipinski definition) is 0. The first-order valence-corrected chi connectivity index (χ1v) is 6.91. The van der Waals surface area contributed by atoms with Crippen LogP contribution >= 0.6 is 0 Å². The van der Waals surface area contributed by atoms with Gasteiger partial charge < -0.3 is 4.74 Å². The van der Waals surface area contributed by atoms with Gasteiger partial charge in [0.15, 0.2) is 0 Å². The van der Waals surface area contributed by atoms with Gasteiger partial charge in [-0.3, -0.25) is 4.90 Å². The Hall–Kier alpha value is -1.74. The molecule has 1 aliphatic heterocycles. The number of nitrogens with zero attached hydrogens (tertiary/aromatic N) is 2. The van der Waals surface area contributed by atoms with Crippen molar-refractivity contribution in [2.24, 2.45) is 5.92 Å². The average molecular weight is 298 g/mol. The van der Waals surface area contributed by atoms with E-state index in [1.54, 1.807) is 24.3 Å². The Kier molecular flexibility index (Phi) is 5.07. The quantitative estimate of drug-likeness (QED) is 0.856. The maximum atomic E-state index is 12.5. The summed E-state index contributed by atoms with van der Waals surface area (Å²) in [6.45, 7) is 1.91. The molecule has 1 aromatic rings. The van der Waals surface area contributed by atoms with Crippen LogP contribution in [0.4, 0.5) is 13.2 Å². The molecule has 0 spiro atoms. The lowest BCUT2D eigenvalue weighted by Gasteiger charge is -2.32. The van der Waals surface area contributed by atoms with Crippen LogP contribution in [0.2, 0.25) is 0 Å². The minimum Gasteiger partial charge on any atom is -0.492 e. The molecule has 1 saturated heterocycles. The molecular weight excluding hydrogens is 281 g/mol. The Morgan fingerprint density at radius 2 is 2.00 bits per heavy atom. The smallest absolute Gasteiger partial charge is 0.391 e. The van der Waals surface area contributed by atoms with Crippen LogP contribution in [0, 0.1) is 17.2 Å². The standard InChI is InChI=1S/C15H17F3N2O/c16-15(17,18)13-4-6-20(7-5-13)8-9-21-14-3-1-2-12(10-14)11-19/h1-3,10,13H,4-9H2. The number of rotatable bonds is 4. The molecule has 1 heterocycles. The predicted octanol–water partition coefficient (Wildman–Crippen LogP) is 3.21.